The first-order valence-electron chi connectivity index (χ1n) is 5.97. The lowest BCUT2D eigenvalue weighted by molar-refractivity contribution is -0.135. The summed E-state index contributed by atoms with van der Waals surface area (Å²) in [7, 11) is 0. The number of nitrogens with two attached hydrogens (primary N) is 1. The number of carbonyl (C=O) groups is 1. The highest BCUT2D eigenvalue weighted by atomic mass is 79.9. The first-order valence-corrected chi connectivity index (χ1v) is 6.76. The first kappa shape index (κ1) is 14.3. The summed E-state index contributed by atoms with van der Waals surface area (Å²) in [5.74, 6) is -0.906. The number of pyridine rings is 1. The molecule has 0 amide bonds. The standard InChI is InChI=1S/C14H14BrN3O2/c15-11-5-10(6-17-7-11)8-18(9-14(19)20)13-4-2-1-3-12(13)16/h1-7H,8-9,16H2,(H,19,20). The third-order valence-electron chi connectivity index (χ3n) is 2.74. The fourth-order valence-electron chi connectivity index (χ4n) is 1.93. The van der Waals surface area contributed by atoms with Gasteiger partial charge in [0.1, 0.15) is 6.54 Å². The number of benzene rings is 1. The molecule has 0 unspecified atom stereocenters. The average Bonchev–Trinajstić information content (AvgIpc) is 2.38. The molecule has 2 rings (SSSR count). The van der Waals surface area contributed by atoms with Gasteiger partial charge < -0.3 is 15.7 Å². The highest BCUT2D eigenvalue weighted by molar-refractivity contribution is 9.10. The van der Waals surface area contributed by atoms with E-state index in [-0.39, 0.29) is 6.54 Å². The second kappa shape index (κ2) is 6.38. The van der Waals surface area contributed by atoms with E-state index >= 15 is 0 Å². The van der Waals surface area contributed by atoms with E-state index in [9.17, 15) is 4.79 Å². The second-order valence-electron chi connectivity index (χ2n) is 4.32. The predicted octanol–water partition coefficient (Wildman–Crippen LogP) is 2.52. The third kappa shape index (κ3) is 3.71. The van der Waals surface area contributed by atoms with Crippen LogP contribution in [0.3, 0.4) is 0 Å². The lowest BCUT2D eigenvalue weighted by atomic mass is 10.2. The van der Waals surface area contributed by atoms with Gasteiger partial charge in [-0.25, -0.2) is 0 Å². The van der Waals surface area contributed by atoms with Crippen molar-refractivity contribution in [2.24, 2.45) is 0 Å². The number of nitrogen functional groups attached to an aromatic ring is 1. The number of hydrogen-bond acceptors (Lipinski definition) is 4. The Morgan fingerprint density at radius 1 is 1.35 bits per heavy atom. The molecule has 1 heterocycles. The SMILES string of the molecule is Nc1ccccc1N(CC(=O)O)Cc1cncc(Br)c1. The van der Waals surface area contributed by atoms with Gasteiger partial charge in [0.2, 0.25) is 0 Å². The van der Waals surface area contributed by atoms with Crippen molar-refractivity contribution in [2.75, 3.05) is 17.2 Å². The van der Waals surface area contributed by atoms with E-state index in [0.717, 1.165) is 10.0 Å². The van der Waals surface area contributed by atoms with Gasteiger partial charge in [0, 0.05) is 23.4 Å². The van der Waals surface area contributed by atoms with Crippen LogP contribution in [0.1, 0.15) is 5.56 Å². The maximum atomic E-state index is 11.0. The van der Waals surface area contributed by atoms with Crippen LogP contribution >= 0.6 is 15.9 Å². The van der Waals surface area contributed by atoms with Crippen molar-refractivity contribution in [3.63, 3.8) is 0 Å². The van der Waals surface area contributed by atoms with Crippen LogP contribution in [0.25, 0.3) is 0 Å². The Morgan fingerprint density at radius 3 is 2.75 bits per heavy atom. The van der Waals surface area contributed by atoms with E-state index < -0.39 is 5.97 Å². The van der Waals surface area contributed by atoms with Crippen LogP contribution in [0.4, 0.5) is 11.4 Å². The molecule has 0 aliphatic heterocycles. The van der Waals surface area contributed by atoms with Crippen molar-refractivity contribution in [2.45, 2.75) is 6.54 Å². The highest BCUT2D eigenvalue weighted by Crippen LogP contribution is 2.24. The Morgan fingerprint density at radius 2 is 2.10 bits per heavy atom. The Kier molecular flexibility index (Phi) is 4.57. The van der Waals surface area contributed by atoms with Gasteiger partial charge >= 0.3 is 5.97 Å². The molecule has 6 heteroatoms. The zero-order valence-electron chi connectivity index (χ0n) is 10.7. The lowest BCUT2D eigenvalue weighted by Gasteiger charge is -2.24. The Hall–Kier alpha value is -2.08. The van der Waals surface area contributed by atoms with E-state index in [1.807, 2.05) is 24.3 Å². The number of carboxylic acids is 1. The first-order chi connectivity index (χ1) is 9.56. The fraction of sp³-hybridized carbons (Fsp3) is 0.143. The Labute approximate surface area is 125 Å². The van der Waals surface area contributed by atoms with E-state index in [1.165, 1.54) is 0 Å². The third-order valence-corrected chi connectivity index (χ3v) is 3.17. The molecular weight excluding hydrogens is 322 g/mol. The highest BCUT2D eigenvalue weighted by Gasteiger charge is 2.14. The van der Waals surface area contributed by atoms with Crippen LogP contribution in [0, 0.1) is 0 Å². The molecule has 0 radical (unpaired) electrons. The van der Waals surface area contributed by atoms with Gasteiger partial charge in [-0.05, 0) is 39.7 Å². The molecule has 104 valence electrons. The van der Waals surface area contributed by atoms with E-state index in [1.54, 1.807) is 23.4 Å². The van der Waals surface area contributed by atoms with Crippen molar-refractivity contribution in [1.82, 2.24) is 4.98 Å². The molecule has 1 aromatic heterocycles. The monoisotopic (exact) mass is 335 g/mol. The fourth-order valence-corrected chi connectivity index (χ4v) is 2.34. The van der Waals surface area contributed by atoms with Gasteiger partial charge in [-0.2, -0.15) is 0 Å². The molecule has 3 N–H and O–H groups in total. The topological polar surface area (TPSA) is 79.5 Å². The van der Waals surface area contributed by atoms with Crippen molar-refractivity contribution < 1.29 is 9.90 Å². The number of rotatable bonds is 5. The number of aromatic nitrogens is 1. The number of aliphatic carboxylic acids is 1. The normalized spacial score (nSPS) is 10.2. The van der Waals surface area contributed by atoms with Gasteiger partial charge in [0.05, 0.1) is 11.4 Å². The van der Waals surface area contributed by atoms with E-state index in [2.05, 4.69) is 20.9 Å². The molecule has 0 bridgehead atoms. The zero-order valence-corrected chi connectivity index (χ0v) is 12.2. The molecule has 0 saturated heterocycles. The smallest absolute Gasteiger partial charge is 0.323 e. The van der Waals surface area contributed by atoms with Crippen molar-refractivity contribution in [3.8, 4) is 0 Å². The van der Waals surface area contributed by atoms with Gasteiger partial charge in [-0.1, -0.05) is 12.1 Å². The molecule has 2 aromatic rings. The number of nitrogens with zero attached hydrogens (tertiary/aromatic N) is 2. The molecule has 1 aromatic carbocycles. The van der Waals surface area contributed by atoms with Crippen LogP contribution in [-0.4, -0.2) is 22.6 Å². The molecular formula is C14H14BrN3O2. The van der Waals surface area contributed by atoms with Crippen molar-refractivity contribution in [1.29, 1.82) is 0 Å². The quantitative estimate of drug-likeness (QED) is 0.820. The Bertz CT molecular complexity index is 619. The zero-order chi connectivity index (χ0) is 14.5. The predicted molar refractivity (Wildman–Crippen MR) is 81.5 cm³/mol. The summed E-state index contributed by atoms with van der Waals surface area (Å²) in [5.41, 5.74) is 8.08. The number of para-hydroxylation sites is 2. The molecule has 5 nitrogen and oxygen atoms in total. The largest absolute Gasteiger partial charge is 0.480 e. The number of halogens is 1. The van der Waals surface area contributed by atoms with Crippen LogP contribution in [-0.2, 0) is 11.3 Å². The summed E-state index contributed by atoms with van der Waals surface area (Å²) in [4.78, 5) is 16.8. The van der Waals surface area contributed by atoms with Gasteiger partial charge in [0.15, 0.2) is 0 Å². The van der Waals surface area contributed by atoms with E-state index in [4.69, 9.17) is 10.8 Å². The molecule has 0 fully saturated rings. The van der Waals surface area contributed by atoms with Gasteiger partial charge in [-0.15, -0.1) is 0 Å². The molecule has 0 spiro atoms. The summed E-state index contributed by atoms with van der Waals surface area (Å²) in [6.07, 6.45) is 3.39. The van der Waals surface area contributed by atoms with Crippen molar-refractivity contribution >= 4 is 33.3 Å². The summed E-state index contributed by atoms with van der Waals surface area (Å²) in [6, 6.07) is 9.12. The minimum absolute atomic E-state index is 0.124. The number of hydrogen-bond donors (Lipinski definition) is 2. The molecule has 20 heavy (non-hydrogen) atoms. The maximum Gasteiger partial charge on any atom is 0.323 e. The Balaban J connectivity index is 2.29. The molecule has 0 saturated carbocycles. The van der Waals surface area contributed by atoms with Crippen molar-refractivity contribution in [3.05, 3.63) is 52.8 Å². The van der Waals surface area contributed by atoms with Gasteiger partial charge in [-0.3, -0.25) is 9.78 Å². The summed E-state index contributed by atoms with van der Waals surface area (Å²) in [5, 5.41) is 9.06. The van der Waals surface area contributed by atoms with Crippen LogP contribution in [0.2, 0.25) is 0 Å². The van der Waals surface area contributed by atoms with E-state index in [0.29, 0.717) is 17.9 Å². The lowest BCUT2D eigenvalue weighted by Crippen LogP contribution is -2.29. The van der Waals surface area contributed by atoms with Crippen LogP contribution in [0.5, 0.6) is 0 Å². The molecule has 0 aliphatic carbocycles. The minimum Gasteiger partial charge on any atom is -0.480 e. The number of anilines is 2. The summed E-state index contributed by atoms with van der Waals surface area (Å²) in [6.45, 7) is 0.299. The summed E-state index contributed by atoms with van der Waals surface area (Å²) >= 11 is 3.35. The summed E-state index contributed by atoms with van der Waals surface area (Å²) < 4.78 is 0.853. The molecule has 0 aliphatic rings. The van der Waals surface area contributed by atoms with Crippen LogP contribution in [0.15, 0.2) is 47.2 Å². The van der Waals surface area contributed by atoms with Gasteiger partial charge in [0.25, 0.3) is 0 Å². The molecule has 0 atom stereocenters. The maximum absolute atomic E-state index is 11.0. The second-order valence-corrected chi connectivity index (χ2v) is 5.24. The van der Waals surface area contributed by atoms with Crippen LogP contribution < -0.4 is 10.6 Å². The average molecular weight is 336 g/mol. The number of carboxylic acid groups (broad SMARTS) is 1. The minimum atomic E-state index is -0.906.